The molecule has 2 aromatic carbocycles. The van der Waals surface area contributed by atoms with Crippen molar-refractivity contribution < 1.29 is 9.59 Å². The van der Waals surface area contributed by atoms with E-state index in [2.05, 4.69) is 10.6 Å². The summed E-state index contributed by atoms with van der Waals surface area (Å²) >= 11 is 6.39. The number of hydrogen-bond donors (Lipinski definition) is 2. The third-order valence-corrected chi connectivity index (χ3v) is 5.41. The molecule has 1 saturated heterocycles. The van der Waals surface area contributed by atoms with Gasteiger partial charge in [0.1, 0.15) is 0 Å². The van der Waals surface area contributed by atoms with Crippen LogP contribution in [0.3, 0.4) is 0 Å². The molecule has 6 heteroatoms. The van der Waals surface area contributed by atoms with E-state index in [1.54, 1.807) is 0 Å². The van der Waals surface area contributed by atoms with Crippen molar-refractivity contribution in [3.63, 3.8) is 0 Å². The highest BCUT2D eigenvalue weighted by Crippen LogP contribution is 2.30. The molecule has 1 aliphatic rings. The lowest BCUT2D eigenvalue weighted by Gasteiger charge is -2.37. The third-order valence-electron chi connectivity index (χ3n) is 5.06. The van der Waals surface area contributed by atoms with Crippen LogP contribution in [0.1, 0.15) is 42.1 Å². The molecule has 28 heavy (non-hydrogen) atoms. The minimum atomic E-state index is -0.354. The van der Waals surface area contributed by atoms with Crippen LogP contribution in [0.15, 0.2) is 48.5 Å². The summed E-state index contributed by atoms with van der Waals surface area (Å²) in [7, 11) is 0. The second kappa shape index (κ2) is 9.22. The summed E-state index contributed by atoms with van der Waals surface area (Å²) in [6.45, 7) is 5.49. The van der Waals surface area contributed by atoms with Gasteiger partial charge in [0.25, 0.3) is 0 Å². The second-order valence-electron chi connectivity index (χ2n) is 7.20. The molecule has 0 aliphatic carbocycles. The van der Waals surface area contributed by atoms with Crippen LogP contribution >= 0.6 is 11.6 Å². The summed E-state index contributed by atoms with van der Waals surface area (Å²) in [5.74, 6) is -0.146. The molecule has 0 spiro atoms. The first kappa shape index (κ1) is 20.4. The molecule has 0 aromatic heterocycles. The van der Waals surface area contributed by atoms with Crippen molar-refractivity contribution >= 4 is 23.4 Å². The Hall–Kier alpha value is -2.37. The van der Waals surface area contributed by atoms with Crippen LogP contribution in [-0.2, 0) is 9.59 Å². The van der Waals surface area contributed by atoms with Gasteiger partial charge in [-0.25, -0.2) is 0 Å². The molecule has 2 amide bonds. The van der Waals surface area contributed by atoms with Crippen LogP contribution in [0, 0.1) is 6.92 Å². The number of nitrogens with one attached hydrogen (secondary N) is 2. The maximum atomic E-state index is 13.2. The summed E-state index contributed by atoms with van der Waals surface area (Å²) in [4.78, 5) is 26.8. The van der Waals surface area contributed by atoms with Gasteiger partial charge >= 0.3 is 0 Å². The van der Waals surface area contributed by atoms with Gasteiger partial charge in [0.2, 0.25) is 11.8 Å². The zero-order valence-electron chi connectivity index (χ0n) is 16.2. The monoisotopic (exact) mass is 399 g/mol. The Balaban J connectivity index is 1.82. The fourth-order valence-corrected chi connectivity index (χ4v) is 3.88. The zero-order valence-corrected chi connectivity index (χ0v) is 17.0. The minimum Gasteiger partial charge on any atom is -0.349 e. The van der Waals surface area contributed by atoms with Gasteiger partial charge in [0.15, 0.2) is 0 Å². The summed E-state index contributed by atoms with van der Waals surface area (Å²) in [6, 6.07) is 15.1. The Kier molecular flexibility index (Phi) is 6.70. The Morgan fingerprint density at radius 1 is 1.21 bits per heavy atom. The maximum Gasteiger partial charge on any atom is 0.225 e. The van der Waals surface area contributed by atoms with Crippen molar-refractivity contribution in [3.05, 3.63) is 70.2 Å². The van der Waals surface area contributed by atoms with Gasteiger partial charge in [-0.05, 0) is 24.1 Å². The fourth-order valence-electron chi connectivity index (χ4n) is 3.61. The topological polar surface area (TPSA) is 61.4 Å². The average molecular weight is 400 g/mol. The van der Waals surface area contributed by atoms with Crippen LogP contribution in [0.2, 0.25) is 5.02 Å². The number of amides is 2. The van der Waals surface area contributed by atoms with E-state index < -0.39 is 0 Å². The van der Waals surface area contributed by atoms with Crippen LogP contribution in [0.4, 0.5) is 0 Å². The first-order valence-electron chi connectivity index (χ1n) is 9.54. The largest absolute Gasteiger partial charge is 0.349 e. The van der Waals surface area contributed by atoms with E-state index in [-0.39, 0.29) is 30.3 Å². The highest BCUT2D eigenvalue weighted by molar-refractivity contribution is 6.31. The van der Waals surface area contributed by atoms with E-state index in [4.69, 9.17) is 11.6 Å². The Bertz CT molecular complexity index is 838. The highest BCUT2D eigenvalue weighted by Gasteiger charge is 2.30. The first-order chi connectivity index (χ1) is 13.5. The van der Waals surface area contributed by atoms with Gasteiger partial charge in [0, 0.05) is 31.6 Å². The molecule has 2 N–H and O–H groups in total. The summed E-state index contributed by atoms with van der Waals surface area (Å²) < 4.78 is 0. The first-order valence-corrected chi connectivity index (χ1v) is 9.92. The number of hydrogen-bond acceptors (Lipinski definition) is 3. The molecule has 2 atom stereocenters. The summed E-state index contributed by atoms with van der Waals surface area (Å²) in [5, 5.41) is 6.93. The molecule has 1 aliphatic heterocycles. The number of rotatable bonds is 5. The van der Waals surface area contributed by atoms with Gasteiger partial charge in [-0.3, -0.25) is 9.59 Å². The molecule has 1 fully saturated rings. The van der Waals surface area contributed by atoms with Gasteiger partial charge in [-0.2, -0.15) is 0 Å². The molecule has 0 bridgehead atoms. The molecule has 3 rings (SSSR count). The molecule has 2 unspecified atom stereocenters. The van der Waals surface area contributed by atoms with Crippen LogP contribution in [0.25, 0.3) is 0 Å². The lowest BCUT2D eigenvalue weighted by molar-refractivity contribution is -0.135. The Morgan fingerprint density at radius 2 is 1.93 bits per heavy atom. The predicted molar refractivity (Wildman–Crippen MR) is 111 cm³/mol. The van der Waals surface area contributed by atoms with Crippen molar-refractivity contribution in [2.45, 2.75) is 32.4 Å². The molecular formula is C22H26ClN3O2. The number of benzene rings is 2. The Morgan fingerprint density at radius 3 is 2.61 bits per heavy atom. The summed E-state index contributed by atoms with van der Waals surface area (Å²) in [6.07, 6.45) is 0.212. The number of carbonyl (C=O) groups is 2. The Labute approximate surface area is 171 Å². The van der Waals surface area contributed by atoms with Crippen LogP contribution in [0.5, 0.6) is 0 Å². The van der Waals surface area contributed by atoms with Gasteiger partial charge in [-0.15, -0.1) is 0 Å². The van der Waals surface area contributed by atoms with Gasteiger partial charge < -0.3 is 15.5 Å². The predicted octanol–water partition coefficient (Wildman–Crippen LogP) is 3.39. The molecule has 0 saturated carbocycles. The van der Waals surface area contributed by atoms with Crippen molar-refractivity contribution in [2.75, 3.05) is 19.6 Å². The molecule has 5 nitrogen and oxygen atoms in total. The van der Waals surface area contributed by atoms with Crippen LogP contribution in [-0.4, -0.2) is 36.3 Å². The van der Waals surface area contributed by atoms with E-state index >= 15 is 0 Å². The number of nitrogens with zero attached hydrogens (tertiary/aromatic N) is 1. The smallest absolute Gasteiger partial charge is 0.225 e. The molecule has 2 aromatic rings. The number of carbonyl (C=O) groups excluding carboxylic acids is 2. The minimum absolute atomic E-state index is 0.00532. The van der Waals surface area contributed by atoms with E-state index in [1.165, 1.54) is 6.92 Å². The average Bonchev–Trinajstić information content (AvgIpc) is 2.68. The lowest BCUT2D eigenvalue weighted by Crippen LogP contribution is -2.49. The molecule has 1 heterocycles. The van der Waals surface area contributed by atoms with E-state index in [9.17, 15) is 9.59 Å². The fraction of sp³-hybridized carbons (Fsp3) is 0.364. The van der Waals surface area contributed by atoms with Crippen molar-refractivity contribution in [3.8, 4) is 0 Å². The maximum absolute atomic E-state index is 13.2. The lowest BCUT2D eigenvalue weighted by atomic mass is 9.99. The van der Waals surface area contributed by atoms with Crippen molar-refractivity contribution in [2.24, 2.45) is 0 Å². The third kappa shape index (κ3) is 4.91. The standard InChI is InChI=1S/C22H26ClN3O2/c1-15-7-9-17(10-8-15)20(25-16(2)27)13-22(28)26-12-11-24-14-21(26)18-5-3-4-6-19(18)23/h3-10,20-21,24H,11-14H2,1-2H3,(H,25,27). The SMILES string of the molecule is CC(=O)NC(CC(=O)N1CCNCC1c1ccccc1Cl)c1ccc(C)cc1. The normalized spacial score (nSPS) is 17.8. The van der Waals surface area contributed by atoms with Crippen LogP contribution < -0.4 is 10.6 Å². The highest BCUT2D eigenvalue weighted by atomic mass is 35.5. The summed E-state index contributed by atoms with van der Waals surface area (Å²) in [5.41, 5.74) is 3.01. The molecular weight excluding hydrogens is 374 g/mol. The number of aryl methyl sites for hydroxylation is 1. The molecule has 0 radical (unpaired) electrons. The van der Waals surface area contributed by atoms with E-state index in [1.807, 2.05) is 60.4 Å². The molecule has 148 valence electrons. The van der Waals surface area contributed by atoms with Gasteiger partial charge in [-0.1, -0.05) is 59.6 Å². The zero-order chi connectivity index (χ0) is 20.1. The quantitative estimate of drug-likeness (QED) is 0.810. The van der Waals surface area contributed by atoms with Gasteiger partial charge in [0.05, 0.1) is 18.5 Å². The second-order valence-corrected chi connectivity index (χ2v) is 7.60. The van der Waals surface area contributed by atoms with Crippen molar-refractivity contribution in [1.82, 2.24) is 15.5 Å². The van der Waals surface area contributed by atoms with E-state index in [0.29, 0.717) is 18.1 Å². The van der Waals surface area contributed by atoms with E-state index in [0.717, 1.165) is 23.2 Å². The number of piperazine rings is 1. The van der Waals surface area contributed by atoms with Crippen molar-refractivity contribution in [1.29, 1.82) is 0 Å². The number of halogens is 1.